The molecule has 0 bridgehead atoms. The van der Waals surface area contributed by atoms with E-state index in [1.54, 1.807) is 10.8 Å². The van der Waals surface area contributed by atoms with Crippen LogP contribution in [0, 0.1) is 18.8 Å². The van der Waals surface area contributed by atoms with E-state index in [4.69, 9.17) is 10.8 Å². The molecule has 3 heterocycles. The summed E-state index contributed by atoms with van der Waals surface area (Å²) in [7, 11) is 0. The van der Waals surface area contributed by atoms with Gasteiger partial charge in [-0.25, -0.2) is 13.8 Å². The van der Waals surface area contributed by atoms with Gasteiger partial charge < -0.3 is 15.4 Å². The van der Waals surface area contributed by atoms with Gasteiger partial charge in [-0.05, 0) is 62.6 Å². The Morgan fingerprint density at radius 3 is 2.53 bits per heavy atom. The molecule has 0 spiro atoms. The number of halogens is 2. The minimum atomic E-state index is -2.57. The molecule has 7 nitrogen and oxygen atoms in total. The van der Waals surface area contributed by atoms with Crippen LogP contribution in [0.1, 0.15) is 50.3 Å². The van der Waals surface area contributed by atoms with Gasteiger partial charge in [-0.1, -0.05) is 12.1 Å². The maximum Gasteiger partial charge on any atom is 0.258 e. The molecule has 9 heteroatoms. The first-order valence-corrected chi connectivity index (χ1v) is 12.4. The molecule has 1 unspecified atom stereocenters. The zero-order chi connectivity index (χ0) is 25.1. The van der Waals surface area contributed by atoms with E-state index in [-0.39, 0.29) is 17.6 Å². The third-order valence-corrected chi connectivity index (χ3v) is 8.67. The first kappa shape index (κ1) is 21.9. The number of hydrogen-bond acceptors (Lipinski definition) is 5. The van der Waals surface area contributed by atoms with Gasteiger partial charge in [-0.15, -0.1) is 0 Å². The van der Waals surface area contributed by atoms with Gasteiger partial charge in [0.05, 0.1) is 22.5 Å². The number of alkyl halides is 2. The van der Waals surface area contributed by atoms with Crippen LogP contribution in [-0.2, 0) is 0 Å². The number of benzene rings is 1. The second-order valence-corrected chi connectivity index (χ2v) is 11.2. The van der Waals surface area contributed by atoms with Crippen LogP contribution in [0.5, 0.6) is 0 Å². The quantitative estimate of drug-likeness (QED) is 0.436. The van der Waals surface area contributed by atoms with Crippen LogP contribution in [0.15, 0.2) is 41.5 Å². The SMILES string of the molecule is Cc1cn(C2C[C@@H]3[C@H](C2)C3(F)F)c(=O)c2cc(-c3nn(C4CC(C)(O)C4)c4ccnc(N)c34)ccc12. The van der Waals surface area contributed by atoms with Gasteiger partial charge in [0.25, 0.3) is 11.5 Å². The van der Waals surface area contributed by atoms with Crippen LogP contribution in [0.2, 0.25) is 0 Å². The highest BCUT2D eigenvalue weighted by Gasteiger charge is 2.71. The molecule has 3 aliphatic carbocycles. The fraction of sp³-hybridized carbons (Fsp3) is 0.444. The van der Waals surface area contributed by atoms with Crippen LogP contribution in [0.25, 0.3) is 32.9 Å². The molecule has 0 saturated heterocycles. The molecule has 1 aromatic carbocycles. The number of rotatable bonds is 3. The van der Waals surface area contributed by atoms with Crippen molar-refractivity contribution in [1.82, 2.24) is 19.3 Å². The lowest BCUT2D eigenvalue weighted by Gasteiger charge is -2.41. The Morgan fingerprint density at radius 2 is 1.83 bits per heavy atom. The number of aliphatic hydroxyl groups is 1. The number of anilines is 1. The smallest absolute Gasteiger partial charge is 0.258 e. The summed E-state index contributed by atoms with van der Waals surface area (Å²) in [5, 5.41) is 17.3. The molecular weight excluding hydrogens is 464 g/mol. The maximum absolute atomic E-state index is 13.8. The second-order valence-electron chi connectivity index (χ2n) is 11.2. The monoisotopic (exact) mass is 491 g/mol. The predicted octanol–water partition coefficient (Wildman–Crippen LogP) is 4.61. The lowest BCUT2D eigenvalue weighted by molar-refractivity contribution is -0.0529. The molecule has 3 saturated carbocycles. The van der Waals surface area contributed by atoms with Crippen LogP contribution in [0.3, 0.4) is 0 Å². The third kappa shape index (κ3) is 2.95. The topological polar surface area (TPSA) is 99.0 Å². The Bertz CT molecular complexity index is 1620. The van der Waals surface area contributed by atoms with Crippen molar-refractivity contribution in [2.45, 2.75) is 63.1 Å². The van der Waals surface area contributed by atoms with Crippen molar-refractivity contribution in [3.63, 3.8) is 0 Å². The molecule has 0 radical (unpaired) electrons. The molecule has 3 atom stereocenters. The van der Waals surface area contributed by atoms with E-state index in [1.165, 1.54) is 0 Å². The molecule has 0 aliphatic heterocycles. The van der Waals surface area contributed by atoms with E-state index in [2.05, 4.69) is 4.98 Å². The van der Waals surface area contributed by atoms with Gasteiger partial charge in [-0.2, -0.15) is 5.10 Å². The molecule has 7 rings (SSSR count). The highest BCUT2D eigenvalue weighted by molar-refractivity contribution is 6.02. The molecule has 36 heavy (non-hydrogen) atoms. The molecule has 186 valence electrons. The molecular formula is C27H27F2N5O2. The van der Waals surface area contributed by atoms with Gasteiger partial charge in [0.1, 0.15) is 11.5 Å². The zero-order valence-corrected chi connectivity index (χ0v) is 20.1. The standard InChI is InChI=1S/C27H27F2N5O2/c1-13-12-33(15-8-19-20(9-15)27(19,28)29)25(35)18-7-14(3-4-17(13)18)23-22-21(5-6-31-24(22)30)34(32-23)16-10-26(2,36)11-16/h3-7,12,15-16,19-20,36H,8-11H2,1-2H3,(H2,30,31)/t15?,16?,19-,20+,26?. The van der Waals surface area contributed by atoms with E-state index < -0.39 is 23.4 Å². The number of nitrogens with two attached hydrogens (primary N) is 1. The predicted molar refractivity (Wildman–Crippen MR) is 133 cm³/mol. The van der Waals surface area contributed by atoms with Crippen molar-refractivity contribution < 1.29 is 13.9 Å². The first-order valence-electron chi connectivity index (χ1n) is 12.4. The van der Waals surface area contributed by atoms with Crippen LogP contribution in [0.4, 0.5) is 14.6 Å². The van der Waals surface area contributed by atoms with Crippen molar-refractivity contribution >= 4 is 27.5 Å². The minimum Gasteiger partial charge on any atom is -0.390 e. The molecule has 0 amide bonds. The average molecular weight is 492 g/mol. The van der Waals surface area contributed by atoms with Gasteiger partial charge in [-0.3, -0.25) is 9.48 Å². The lowest BCUT2D eigenvalue weighted by atomic mass is 9.77. The van der Waals surface area contributed by atoms with Gasteiger partial charge in [0, 0.05) is 41.2 Å². The summed E-state index contributed by atoms with van der Waals surface area (Å²) in [5.41, 5.74) is 8.56. The second kappa shape index (κ2) is 6.91. The largest absolute Gasteiger partial charge is 0.390 e. The zero-order valence-electron chi connectivity index (χ0n) is 20.1. The Balaban J connectivity index is 1.35. The maximum atomic E-state index is 13.8. The number of nitrogen functional groups attached to an aromatic ring is 1. The van der Waals surface area contributed by atoms with Crippen molar-refractivity contribution in [3.8, 4) is 11.3 Å². The fourth-order valence-corrected chi connectivity index (χ4v) is 6.69. The average Bonchev–Trinajstić information content (AvgIpc) is 3.22. The van der Waals surface area contributed by atoms with E-state index in [0.29, 0.717) is 42.6 Å². The van der Waals surface area contributed by atoms with Gasteiger partial charge in [0.15, 0.2) is 0 Å². The fourth-order valence-electron chi connectivity index (χ4n) is 6.69. The van der Waals surface area contributed by atoms with Crippen LogP contribution >= 0.6 is 0 Å². The summed E-state index contributed by atoms with van der Waals surface area (Å²) >= 11 is 0. The lowest BCUT2D eigenvalue weighted by Crippen LogP contribution is -2.42. The molecule has 3 N–H and O–H groups in total. The number of fused-ring (bicyclic) bond motifs is 3. The Labute approximate surface area is 205 Å². The number of hydrogen-bond donors (Lipinski definition) is 2. The summed E-state index contributed by atoms with van der Waals surface area (Å²) in [6.45, 7) is 3.76. The number of aromatic nitrogens is 4. The molecule has 3 fully saturated rings. The molecule has 4 aromatic rings. The highest BCUT2D eigenvalue weighted by Crippen LogP contribution is 2.66. The Hall–Kier alpha value is -3.33. The molecule has 3 aromatic heterocycles. The number of pyridine rings is 2. The Morgan fingerprint density at radius 1 is 1.11 bits per heavy atom. The Kier molecular flexibility index (Phi) is 4.20. The first-order chi connectivity index (χ1) is 17.0. The molecule has 3 aliphatic rings. The van der Waals surface area contributed by atoms with Crippen LogP contribution < -0.4 is 11.3 Å². The van der Waals surface area contributed by atoms with Crippen molar-refractivity contribution in [1.29, 1.82) is 0 Å². The number of aryl methyl sites for hydroxylation is 1. The summed E-state index contributed by atoms with van der Waals surface area (Å²) in [6.07, 6.45) is 5.32. The normalized spacial score (nSPS) is 30.5. The van der Waals surface area contributed by atoms with Crippen molar-refractivity contribution in [3.05, 3.63) is 52.6 Å². The van der Waals surface area contributed by atoms with Gasteiger partial charge >= 0.3 is 0 Å². The summed E-state index contributed by atoms with van der Waals surface area (Å²) < 4.78 is 31.1. The summed E-state index contributed by atoms with van der Waals surface area (Å²) in [5.74, 6) is -3.42. The van der Waals surface area contributed by atoms with E-state index in [1.807, 2.05) is 49.0 Å². The summed E-state index contributed by atoms with van der Waals surface area (Å²) in [6, 6.07) is 7.39. The third-order valence-electron chi connectivity index (χ3n) is 8.67. The van der Waals surface area contributed by atoms with Crippen molar-refractivity contribution in [2.24, 2.45) is 11.8 Å². The highest BCUT2D eigenvalue weighted by atomic mass is 19.3. The number of nitrogens with zero attached hydrogens (tertiary/aromatic N) is 4. The van der Waals surface area contributed by atoms with E-state index in [0.717, 1.165) is 27.4 Å². The van der Waals surface area contributed by atoms with E-state index >= 15 is 0 Å². The van der Waals surface area contributed by atoms with E-state index in [9.17, 15) is 18.7 Å². The van der Waals surface area contributed by atoms with Gasteiger partial charge in [0.2, 0.25) is 0 Å². The van der Waals surface area contributed by atoms with Crippen LogP contribution in [-0.4, -0.2) is 36.0 Å². The van der Waals surface area contributed by atoms with Crippen molar-refractivity contribution in [2.75, 3.05) is 5.73 Å². The minimum absolute atomic E-state index is 0.0462. The summed E-state index contributed by atoms with van der Waals surface area (Å²) in [4.78, 5) is 17.9.